The molecule has 0 spiro atoms. The fourth-order valence-corrected chi connectivity index (χ4v) is 10.4. The van der Waals surface area contributed by atoms with E-state index in [-0.39, 0.29) is 12.5 Å². The first kappa shape index (κ1) is 77.9. The Labute approximate surface area is 510 Å². The highest BCUT2D eigenvalue weighted by Gasteiger charge is 2.44. The molecular weight excluding hydrogens is 1030 g/mol. The quantitative estimate of drug-likeness (QED) is 0.0261. The van der Waals surface area contributed by atoms with Gasteiger partial charge in [0.05, 0.1) is 25.4 Å². The molecule has 6 N–H and O–H groups in total. The number of nitrogens with one attached hydrogen (secondary N) is 1. The van der Waals surface area contributed by atoms with Gasteiger partial charge in [-0.2, -0.15) is 0 Å². The largest absolute Gasteiger partial charge is 0.394 e. The van der Waals surface area contributed by atoms with E-state index in [2.05, 4.69) is 116 Å². The van der Waals surface area contributed by atoms with Gasteiger partial charge in [-0.15, -0.1) is 0 Å². The minimum absolute atomic E-state index is 0.207. The van der Waals surface area contributed by atoms with Crippen LogP contribution in [0.5, 0.6) is 0 Å². The third kappa shape index (κ3) is 50.7. The molecule has 9 nitrogen and oxygen atoms in total. The normalized spacial score (nSPS) is 19.0. The summed E-state index contributed by atoms with van der Waals surface area (Å²) in [6.45, 7) is 3.66. The number of allylic oxidation sites excluding steroid dienone is 17. The zero-order chi connectivity index (χ0) is 60.0. The minimum Gasteiger partial charge on any atom is -0.394 e. The number of unbranched alkanes of at least 4 members (excludes halogenated alkanes) is 33. The van der Waals surface area contributed by atoms with Gasteiger partial charge in [0, 0.05) is 6.42 Å². The molecule has 478 valence electrons. The number of hydrogen-bond acceptors (Lipinski definition) is 8. The lowest BCUT2D eigenvalue weighted by Crippen LogP contribution is -2.60. The van der Waals surface area contributed by atoms with Crippen LogP contribution in [0.15, 0.2) is 109 Å². The van der Waals surface area contributed by atoms with Crippen molar-refractivity contribution in [3.63, 3.8) is 0 Å². The highest BCUT2D eigenvalue weighted by Crippen LogP contribution is 2.23. The molecule has 7 unspecified atom stereocenters. The average molecular weight is 1160 g/mol. The van der Waals surface area contributed by atoms with Crippen LogP contribution in [0.25, 0.3) is 0 Å². The predicted molar refractivity (Wildman–Crippen MR) is 354 cm³/mol. The van der Waals surface area contributed by atoms with Gasteiger partial charge in [-0.1, -0.05) is 309 Å². The van der Waals surface area contributed by atoms with Crippen LogP contribution in [0, 0.1) is 0 Å². The molecular formula is C74H129NO8. The monoisotopic (exact) mass is 1160 g/mol. The first-order valence-corrected chi connectivity index (χ1v) is 34.6. The van der Waals surface area contributed by atoms with Gasteiger partial charge in [0.25, 0.3) is 0 Å². The molecule has 0 aromatic carbocycles. The van der Waals surface area contributed by atoms with Crippen molar-refractivity contribution in [3.8, 4) is 0 Å². The van der Waals surface area contributed by atoms with Crippen molar-refractivity contribution in [1.29, 1.82) is 0 Å². The van der Waals surface area contributed by atoms with Gasteiger partial charge in [0.15, 0.2) is 6.29 Å². The Balaban J connectivity index is 2.19. The Morgan fingerprint density at radius 3 is 1.16 bits per heavy atom. The van der Waals surface area contributed by atoms with Gasteiger partial charge >= 0.3 is 0 Å². The number of aliphatic hydroxyl groups excluding tert-OH is 5. The predicted octanol–water partition coefficient (Wildman–Crippen LogP) is 18.9. The van der Waals surface area contributed by atoms with Crippen molar-refractivity contribution < 1.29 is 39.8 Å². The molecule has 9 heteroatoms. The average Bonchev–Trinajstić information content (AvgIpc) is 3.60. The summed E-state index contributed by atoms with van der Waals surface area (Å²) >= 11 is 0. The maximum Gasteiger partial charge on any atom is 0.220 e. The Kier molecular flexibility index (Phi) is 58.1. The second kappa shape index (κ2) is 61.9. The van der Waals surface area contributed by atoms with Crippen LogP contribution in [0.1, 0.15) is 296 Å². The van der Waals surface area contributed by atoms with Gasteiger partial charge in [-0.25, -0.2) is 0 Å². The molecule has 1 heterocycles. The molecule has 0 aliphatic carbocycles. The number of carbonyl (C=O) groups is 1. The van der Waals surface area contributed by atoms with E-state index in [1.54, 1.807) is 6.08 Å². The molecule has 1 fully saturated rings. The van der Waals surface area contributed by atoms with E-state index in [0.29, 0.717) is 6.42 Å². The number of aliphatic hydroxyl groups is 5. The van der Waals surface area contributed by atoms with Crippen molar-refractivity contribution in [1.82, 2.24) is 5.32 Å². The van der Waals surface area contributed by atoms with E-state index < -0.39 is 49.5 Å². The fourth-order valence-electron chi connectivity index (χ4n) is 10.4. The van der Waals surface area contributed by atoms with E-state index >= 15 is 0 Å². The molecule has 0 aromatic heterocycles. The molecule has 1 aliphatic heterocycles. The summed E-state index contributed by atoms with van der Waals surface area (Å²) in [5.74, 6) is -0.207. The van der Waals surface area contributed by atoms with Crippen LogP contribution in [-0.2, 0) is 14.3 Å². The van der Waals surface area contributed by atoms with Gasteiger partial charge in [0.1, 0.15) is 24.4 Å². The topological polar surface area (TPSA) is 149 Å². The maximum atomic E-state index is 13.1. The Bertz CT molecular complexity index is 1680. The molecule has 0 aromatic rings. The second-order valence-electron chi connectivity index (χ2n) is 23.6. The lowest BCUT2D eigenvalue weighted by Gasteiger charge is -2.40. The fraction of sp³-hybridized carbons (Fsp3) is 0.743. The van der Waals surface area contributed by atoms with Crippen molar-refractivity contribution >= 4 is 5.91 Å². The number of amides is 1. The van der Waals surface area contributed by atoms with E-state index in [1.165, 1.54) is 173 Å². The third-order valence-corrected chi connectivity index (χ3v) is 15.8. The van der Waals surface area contributed by atoms with Crippen molar-refractivity contribution in [2.75, 3.05) is 13.2 Å². The number of hydrogen-bond donors (Lipinski definition) is 6. The van der Waals surface area contributed by atoms with Crippen molar-refractivity contribution in [3.05, 3.63) is 109 Å². The lowest BCUT2D eigenvalue weighted by molar-refractivity contribution is -0.302. The molecule has 1 rings (SSSR count). The van der Waals surface area contributed by atoms with Gasteiger partial charge in [-0.3, -0.25) is 4.79 Å². The zero-order valence-corrected chi connectivity index (χ0v) is 53.4. The SMILES string of the molecule is CC/C=C\C/C=C\C/C=C\C/C=C\C/C=C\C/C=C\C/C=C\CCCCCCCC(=O)NC(COC1OC(CO)C(O)C(O)C1O)C(O)/C=C/CC/C=C/CCCCCCCCCCCCCCCCCCCCCCCCCCCCC. The van der Waals surface area contributed by atoms with Crippen LogP contribution < -0.4 is 5.32 Å². The van der Waals surface area contributed by atoms with Crippen molar-refractivity contribution in [2.24, 2.45) is 0 Å². The molecule has 1 saturated heterocycles. The van der Waals surface area contributed by atoms with Gasteiger partial charge in [-0.05, 0) is 89.9 Å². The van der Waals surface area contributed by atoms with Crippen LogP contribution in [0.3, 0.4) is 0 Å². The molecule has 0 radical (unpaired) electrons. The van der Waals surface area contributed by atoms with Gasteiger partial charge < -0.3 is 40.3 Å². The standard InChI is InChI=1S/C74H129NO8/c1-3-5-7-9-11-13-15-17-19-21-23-25-27-29-31-32-33-34-35-36-38-39-41-43-45-47-49-51-53-55-57-59-61-63-68(77)67(66-82-74-73(81)72(80)71(79)69(65-76)83-74)75-70(78)64-62-60-58-56-54-52-50-48-46-44-42-40-37-30-28-26-24-22-20-18-16-14-12-10-8-6-4-2/h6,8,12,14,18,20,24,26,30,37,42,44,48,50,53,55,61,63,67-69,71-74,76-77,79-81H,3-5,7,9-11,13,15-17,19,21-23,25,27-29,31-36,38-41,43,45-47,49,51-52,54,56-60,62,64-66H2,1-2H3,(H,75,78)/b8-6-,14-12-,20-18-,26-24-,37-30-,44-42-,50-48-,55-53+,63-61+. The van der Waals surface area contributed by atoms with Crippen LogP contribution in [0.2, 0.25) is 0 Å². The third-order valence-electron chi connectivity index (χ3n) is 15.8. The van der Waals surface area contributed by atoms with E-state index in [4.69, 9.17) is 9.47 Å². The Morgan fingerprint density at radius 1 is 0.422 bits per heavy atom. The number of carbonyl (C=O) groups excluding carboxylic acids is 1. The second-order valence-corrected chi connectivity index (χ2v) is 23.6. The summed E-state index contributed by atoms with van der Waals surface area (Å²) in [6.07, 6.45) is 84.8. The summed E-state index contributed by atoms with van der Waals surface area (Å²) in [5, 5.41) is 54.7. The molecule has 0 bridgehead atoms. The van der Waals surface area contributed by atoms with Crippen molar-refractivity contribution in [2.45, 2.75) is 339 Å². The van der Waals surface area contributed by atoms with E-state index in [9.17, 15) is 30.3 Å². The maximum absolute atomic E-state index is 13.1. The molecule has 1 amide bonds. The molecule has 83 heavy (non-hydrogen) atoms. The summed E-state index contributed by atoms with van der Waals surface area (Å²) < 4.78 is 11.3. The molecule has 1 aliphatic rings. The summed E-state index contributed by atoms with van der Waals surface area (Å²) in [4.78, 5) is 13.1. The van der Waals surface area contributed by atoms with E-state index in [1.807, 2.05) is 6.08 Å². The zero-order valence-electron chi connectivity index (χ0n) is 53.4. The first-order valence-electron chi connectivity index (χ1n) is 34.6. The lowest BCUT2D eigenvalue weighted by atomic mass is 9.99. The number of rotatable bonds is 59. The first-order chi connectivity index (χ1) is 40.8. The molecule has 0 saturated carbocycles. The summed E-state index contributed by atoms with van der Waals surface area (Å²) in [5.41, 5.74) is 0. The smallest absolute Gasteiger partial charge is 0.220 e. The Hall–Kier alpha value is -3.15. The summed E-state index contributed by atoms with van der Waals surface area (Å²) in [7, 11) is 0. The van der Waals surface area contributed by atoms with Crippen LogP contribution >= 0.6 is 0 Å². The number of ether oxygens (including phenoxy) is 2. The van der Waals surface area contributed by atoms with Crippen LogP contribution in [0.4, 0.5) is 0 Å². The minimum atomic E-state index is -1.58. The summed E-state index contributed by atoms with van der Waals surface area (Å²) in [6, 6.07) is -0.843. The van der Waals surface area contributed by atoms with E-state index in [0.717, 1.165) is 103 Å². The highest BCUT2D eigenvalue weighted by molar-refractivity contribution is 5.76. The molecule has 7 atom stereocenters. The highest BCUT2D eigenvalue weighted by atomic mass is 16.7. The Morgan fingerprint density at radius 2 is 0.759 bits per heavy atom. The van der Waals surface area contributed by atoms with Gasteiger partial charge in [0.2, 0.25) is 5.91 Å². The van der Waals surface area contributed by atoms with Crippen LogP contribution in [-0.4, -0.2) is 87.5 Å².